The third-order valence-electron chi connectivity index (χ3n) is 7.47. The lowest BCUT2D eigenvalue weighted by Gasteiger charge is -2.20. The van der Waals surface area contributed by atoms with Crippen molar-refractivity contribution in [2.75, 3.05) is 6.61 Å². The fraction of sp³-hybridized carbons (Fsp3) is 0.212. The predicted molar refractivity (Wildman–Crippen MR) is 154 cm³/mol. The summed E-state index contributed by atoms with van der Waals surface area (Å²) >= 11 is 0. The van der Waals surface area contributed by atoms with Crippen molar-refractivity contribution >= 4 is 23.0 Å². The average Bonchev–Trinajstić information content (AvgIpc) is 3.47. The number of allylic oxidation sites excluding steroid dienone is 7. The van der Waals surface area contributed by atoms with Crippen molar-refractivity contribution in [3.63, 3.8) is 0 Å². The van der Waals surface area contributed by atoms with Gasteiger partial charge in [0.05, 0.1) is 0 Å². The number of rotatable bonds is 9. The molecule has 0 saturated heterocycles. The number of carbonyl (C=O) groups excluding carboxylic acids is 1. The van der Waals surface area contributed by atoms with Crippen LogP contribution in [0.2, 0.25) is 0 Å². The number of para-hydroxylation sites is 1. The molecule has 204 valence electrons. The zero-order chi connectivity index (χ0) is 28.2. The van der Waals surface area contributed by atoms with Crippen LogP contribution in [-0.2, 0) is 16.0 Å². The fourth-order valence-corrected chi connectivity index (χ4v) is 5.65. The van der Waals surface area contributed by atoms with E-state index in [2.05, 4.69) is 35.1 Å². The van der Waals surface area contributed by atoms with Crippen LogP contribution < -0.4 is 5.32 Å². The number of amides is 1. The molecular formula is C33H31FN2O4. The second-order valence-electron chi connectivity index (χ2n) is 9.87. The standard InChI is InChI=1S/C33H31FN2O4/c1-3-9-23-22(4-2)28(25-11-6-5-10-24(23)25)19-40-33(39)36-30(32(37)38)18-27-26-12-7-8-13-29(26)35-31(27)20-14-16-21(34)17-15-20/h3-4,6-9,11-17,28,30,35H,2,5,10,18-19H2,1H3,(H,36,39)(H,37,38)/b9-3-. The van der Waals surface area contributed by atoms with Crippen molar-refractivity contribution < 1.29 is 23.8 Å². The number of carboxylic acid groups (broad SMARTS) is 1. The molecule has 0 fully saturated rings. The Bertz CT molecular complexity index is 1590. The van der Waals surface area contributed by atoms with E-state index >= 15 is 0 Å². The predicted octanol–water partition coefficient (Wildman–Crippen LogP) is 7.03. The molecule has 3 aromatic rings. The highest BCUT2D eigenvalue weighted by Gasteiger charge is 2.32. The van der Waals surface area contributed by atoms with Crippen LogP contribution in [0.15, 0.2) is 108 Å². The molecule has 1 heterocycles. The number of nitrogens with one attached hydrogen (secondary N) is 2. The fourth-order valence-electron chi connectivity index (χ4n) is 5.65. The van der Waals surface area contributed by atoms with Gasteiger partial charge in [0.25, 0.3) is 0 Å². The number of hydrogen-bond acceptors (Lipinski definition) is 3. The summed E-state index contributed by atoms with van der Waals surface area (Å²) in [5.74, 6) is -1.71. The summed E-state index contributed by atoms with van der Waals surface area (Å²) in [5, 5.41) is 13.4. The van der Waals surface area contributed by atoms with Crippen LogP contribution in [0.4, 0.5) is 9.18 Å². The minimum Gasteiger partial charge on any atom is -0.480 e. The van der Waals surface area contributed by atoms with Gasteiger partial charge in [-0.15, -0.1) is 0 Å². The summed E-state index contributed by atoms with van der Waals surface area (Å²) in [5.41, 5.74) is 7.37. The second-order valence-corrected chi connectivity index (χ2v) is 9.87. The Morgan fingerprint density at radius 3 is 2.73 bits per heavy atom. The zero-order valence-corrected chi connectivity index (χ0v) is 22.2. The molecule has 1 amide bonds. The van der Waals surface area contributed by atoms with E-state index in [4.69, 9.17) is 4.74 Å². The van der Waals surface area contributed by atoms with Gasteiger partial charge in [0.2, 0.25) is 0 Å². The SMILES string of the molecule is C=CC1=C(/C=C\C)C2=C(C=CCC2)C1COC(=O)NC(Cc1c(-c2ccc(F)cc2)[nH]c2ccccc12)C(=O)O. The number of hydrogen-bond donors (Lipinski definition) is 3. The molecule has 2 aliphatic carbocycles. The first-order valence-electron chi connectivity index (χ1n) is 13.3. The number of benzene rings is 2. The molecule has 2 aliphatic rings. The van der Waals surface area contributed by atoms with E-state index in [-0.39, 0.29) is 24.8 Å². The van der Waals surface area contributed by atoms with E-state index in [1.165, 1.54) is 17.7 Å². The maximum atomic E-state index is 13.6. The highest BCUT2D eigenvalue weighted by atomic mass is 19.1. The van der Waals surface area contributed by atoms with Gasteiger partial charge in [-0.05, 0) is 83.5 Å². The van der Waals surface area contributed by atoms with E-state index in [0.29, 0.717) is 16.8 Å². The highest BCUT2D eigenvalue weighted by molar-refractivity contribution is 5.92. The summed E-state index contributed by atoms with van der Waals surface area (Å²) < 4.78 is 19.2. The molecule has 2 unspecified atom stereocenters. The van der Waals surface area contributed by atoms with Crippen molar-refractivity contribution in [2.24, 2.45) is 5.92 Å². The molecule has 0 spiro atoms. The number of fused-ring (bicyclic) bond motifs is 1. The molecule has 3 N–H and O–H groups in total. The summed E-state index contributed by atoms with van der Waals surface area (Å²) in [7, 11) is 0. The second kappa shape index (κ2) is 11.6. The smallest absolute Gasteiger partial charge is 0.407 e. The summed E-state index contributed by atoms with van der Waals surface area (Å²) in [4.78, 5) is 28.5. The molecule has 40 heavy (non-hydrogen) atoms. The molecule has 0 radical (unpaired) electrons. The van der Waals surface area contributed by atoms with Crippen molar-refractivity contribution in [1.29, 1.82) is 0 Å². The molecule has 0 aliphatic heterocycles. The van der Waals surface area contributed by atoms with Gasteiger partial charge >= 0.3 is 12.1 Å². The topological polar surface area (TPSA) is 91.4 Å². The first-order valence-corrected chi connectivity index (χ1v) is 13.3. The molecule has 1 aromatic heterocycles. The van der Waals surface area contributed by atoms with Crippen LogP contribution in [0.3, 0.4) is 0 Å². The Morgan fingerprint density at radius 2 is 2.00 bits per heavy atom. The van der Waals surface area contributed by atoms with Crippen molar-refractivity contribution in [3.05, 3.63) is 119 Å². The third-order valence-corrected chi connectivity index (χ3v) is 7.47. The number of aliphatic carboxylic acids is 1. The first kappa shape index (κ1) is 26.9. The van der Waals surface area contributed by atoms with Crippen molar-refractivity contribution in [2.45, 2.75) is 32.2 Å². The van der Waals surface area contributed by atoms with E-state index in [1.54, 1.807) is 12.1 Å². The van der Waals surface area contributed by atoms with Crippen LogP contribution in [0.5, 0.6) is 0 Å². The lowest BCUT2D eigenvalue weighted by molar-refractivity contribution is -0.139. The van der Waals surface area contributed by atoms with Gasteiger partial charge in [0.15, 0.2) is 0 Å². The van der Waals surface area contributed by atoms with Gasteiger partial charge < -0.3 is 20.1 Å². The minimum absolute atomic E-state index is 0.00583. The molecule has 6 nitrogen and oxygen atoms in total. The monoisotopic (exact) mass is 538 g/mol. The molecule has 2 aromatic carbocycles. The van der Waals surface area contributed by atoms with Crippen LogP contribution >= 0.6 is 0 Å². The number of alkyl carbamates (subject to hydrolysis) is 1. The third kappa shape index (κ3) is 5.27. The van der Waals surface area contributed by atoms with Crippen LogP contribution in [0, 0.1) is 11.7 Å². The van der Waals surface area contributed by atoms with Gasteiger partial charge in [-0.2, -0.15) is 0 Å². The number of carbonyl (C=O) groups is 2. The lowest BCUT2D eigenvalue weighted by atomic mass is 9.92. The number of aromatic amines is 1. The summed E-state index contributed by atoms with van der Waals surface area (Å²) in [6.45, 7) is 6.02. The molecular weight excluding hydrogens is 507 g/mol. The van der Waals surface area contributed by atoms with Crippen LogP contribution in [-0.4, -0.2) is 34.8 Å². The van der Waals surface area contributed by atoms with Gasteiger partial charge in [-0.1, -0.05) is 55.2 Å². The van der Waals surface area contributed by atoms with E-state index in [9.17, 15) is 19.1 Å². The summed E-state index contributed by atoms with van der Waals surface area (Å²) in [6, 6.07) is 12.3. The zero-order valence-electron chi connectivity index (χ0n) is 22.2. The van der Waals surface area contributed by atoms with Gasteiger partial charge in [0, 0.05) is 28.9 Å². The highest BCUT2D eigenvalue weighted by Crippen LogP contribution is 2.43. The normalized spacial score (nSPS) is 17.4. The lowest BCUT2D eigenvalue weighted by Crippen LogP contribution is -2.43. The number of carboxylic acids is 1. The number of H-pyrrole nitrogens is 1. The Balaban J connectivity index is 1.36. The number of aromatic nitrogens is 1. The Morgan fingerprint density at radius 1 is 1.23 bits per heavy atom. The largest absolute Gasteiger partial charge is 0.480 e. The number of halogens is 1. The quantitative estimate of drug-likeness (QED) is 0.273. The van der Waals surface area contributed by atoms with Crippen molar-refractivity contribution in [3.8, 4) is 11.3 Å². The van der Waals surface area contributed by atoms with Crippen molar-refractivity contribution in [1.82, 2.24) is 10.3 Å². The first-order chi connectivity index (χ1) is 19.4. The Kier molecular flexibility index (Phi) is 7.82. The van der Waals surface area contributed by atoms with Gasteiger partial charge in [-0.3, -0.25) is 0 Å². The summed E-state index contributed by atoms with van der Waals surface area (Å²) in [6.07, 6.45) is 11.1. The molecule has 0 bridgehead atoms. The van der Waals surface area contributed by atoms with Gasteiger partial charge in [0.1, 0.15) is 18.5 Å². The minimum atomic E-state index is -1.24. The molecule has 0 saturated carbocycles. The van der Waals surface area contributed by atoms with Crippen LogP contribution in [0.1, 0.15) is 25.3 Å². The average molecular weight is 539 g/mol. The van der Waals surface area contributed by atoms with Crippen LogP contribution in [0.25, 0.3) is 22.2 Å². The van der Waals surface area contributed by atoms with Gasteiger partial charge in [-0.25, -0.2) is 14.0 Å². The molecule has 7 heteroatoms. The van der Waals surface area contributed by atoms with E-state index in [1.807, 2.05) is 43.3 Å². The molecule has 5 rings (SSSR count). The van der Waals surface area contributed by atoms with E-state index in [0.717, 1.165) is 40.5 Å². The maximum Gasteiger partial charge on any atom is 0.407 e. The van der Waals surface area contributed by atoms with E-state index < -0.39 is 18.1 Å². The molecule has 2 atom stereocenters. The number of ether oxygens (including phenoxy) is 1. The maximum absolute atomic E-state index is 13.6. The Hall–Kier alpha value is -4.65. The Labute approximate surface area is 232 Å².